The summed E-state index contributed by atoms with van der Waals surface area (Å²) >= 11 is 0. The largest absolute Gasteiger partial charge is 0.372 e. The number of anilines is 1. The summed E-state index contributed by atoms with van der Waals surface area (Å²) in [5, 5.41) is 11.0. The number of H-pyrrole nitrogens is 1. The number of primary amides is 1. The Hall–Kier alpha value is -2.96. The molecule has 1 aromatic heterocycles. The zero-order chi connectivity index (χ0) is 19.4. The van der Waals surface area contributed by atoms with Crippen LogP contribution in [0.5, 0.6) is 0 Å². The highest BCUT2D eigenvalue weighted by Crippen LogP contribution is 2.26. The molecule has 0 spiro atoms. The van der Waals surface area contributed by atoms with Crippen LogP contribution in [0, 0.1) is 5.41 Å². The average molecular weight is 357 g/mol. The van der Waals surface area contributed by atoms with E-state index in [2.05, 4.69) is 21.0 Å². The van der Waals surface area contributed by atoms with Crippen LogP contribution in [0.2, 0.25) is 0 Å². The normalized spacial score (nSPS) is 12.8. The molecule has 0 aliphatic heterocycles. The zero-order valence-corrected chi connectivity index (χ0v) is 15.3. The minimum absolute atomic E-state index is 0.250. The van der Waals surface area contributed by atoms with Crippen molar-refractivity contribution in [2.45, 2.75) is 45.6 Å². The van der Waals surface area contributed by atoms with E-state index < -0.39 is 0 Å². The first kappa shape index (κ1) is 21.1. The van der Waals surface area contributed by atoms with Gasteiger partial charge in [-0.15, -0.1) is 0 Å². The first-order chi connectivity index (χ1) is 12.7. The Kier molecular flexibility index (Phi) is 9.38. The van der Waals surface area contributed by atoms with Crippen molar-refractivity contribution in [1.29, 1.82) is 5.41 Å². The Labute approximate surface area is 153 Å². The third-order valence-electron chi connectivity index (χ3n) is 3.87. The number of carbonyl (C=O) groups is 1. The van der Waals surface area contributed by atoms with Crippen molar-refractivity contribution >= 4 is 18.4 Å². The lowest BCUT2D eigenvalue weighted by Gasteiger charge is -2.16. The number of rotatable bonds is 4. The van der Waals surface area contributed by atoms with Gasteiger partial charge in [-0.1, -0.05) is 57.0 Å². The average Bonchev–Trinajstić information content (AvgIpc) is 3.17. The van der Waals surface area contributed by atoms with Crippen LogP contribution in [-0.4, -0.2) is 28.6 Å². The third-order valence-corrected chi connectivity index (χ3v) is 3.87. The van der Waals surface area contributed by atoms with Crippen molar-refractivity contribution in [3.05, 3.63) is 46.4 Å². The molecule has 1 aromatic carbocycles. The second-order valence-corrected chi connectivity index (χ2v) is 5.45. The minimum Gasteiger partial charge on any atom is -0.372 e. The van der Waals surface area contributed by atoms with Gasteiger partial charge in [-0.05, 0) is 18.4 Å². The number of carbonyl (C=O) groups excluding carboxylic acids is 1. The van der Waals surface area contributed by atoms with E-state index in [9.17, 15) is 4.79 Å². The number of aromatic nitrogens is 2. The molecule has 26 heavy (non-hydrogen) atoms. The van der Waals surface area contributed by atoms with E-state index in [1.54, 1.807) is 0 Å². The molecule has 1 saturated carbocycles. The van der Waals surface area contributed by atoms with Gasteiger partial charge >= 0.3 is 5.69 Å². The predicted molar refractivity (Wildman–Crippen MR) is 106 cm³/mol. The predicted octanol–water partition coefficient (Wildman–Crippen LogP) is 2.92. The van der Waals surface area contributed by atoms with Gasteiger partial charge in [0.1, 0.15) is 5.82 Å². The zero-order valence-electron chi connectivity index (χ0n) is 15.3. The maximum atomic E-state index is 11.8. The van der Waals surface area contributed by atoms with Gasteiger partial charge in [0, 0.05) is 12.3 Å². The smallest absolute Gasteiger partial charge is 0.347 e. The lowest BCUT2D eigenvalue weighted by atomic mass is 10.1. The van der Waals surface area contributed by atoms with Gasteiger partial charge in [-0.2, -0.15) is 4.98 Å². The van der Waals surface area contributed by atoms with Gasteiger partial charge in [0.2, 0.25) is 6.41 Å². The van der Waals surface area contributed by atoms with E-state index in [1.807, 2.05) is 44.2 Å². The number of benzene rings is 1. The van der Waals surface area contributed by atoms with Crippen LogP contribution in [0.4, 0.5) is 5.82 Å². The highest BCUT2D eigenvalue weighted by Gasteiger charge is 2.18. The lowest BCUT2D eigenvalue weighted by molar-refractivity contribution is -0.106. The van der Waals surface area contributed by atoms with E-state index in [0.29, 0.717) is 23.1 Å². The molecule has 5 N–H and O–H groups in total. The third kappa shape index (κ3) is 5.84. The van der Waals surface area contributed by atoms with Crippen molar-refractivity contribution in [2.24, 2.45) is 5.73 Å². The minimum atomic E-state index is -0.389. The molecule has 0 atom stereocenters. The molecule has 0 radical (unpaired) electrons. The molecule has 0 saturated heterocycles. The molecule has 3 rings (SSSR count). The quantitative estimate of drug-likeness (QED) is 0.496. The molecule has 1 aliphatic rings. The van der Waals surface area contributed by atoms with Crippen LogP contribution < -0.4 is 16.7 Å². The van der Waals surface area contributed by atoms with E-state index in [1.165, 1.54) is 19.1 Å². The van der Waals surface area contributed by atoms with Crippen molar-refractivity contribution in [3.8, 4) is 11.3 Å². The molecule has 0 bridgehead atoms. The van der Waals surface area contributed by atoms with Gasteiger partial charge in [-0.3, -0.25) is 4.79 Å². The number of nitrogens with two attached hydrogens (primary N) is 1. The lowest BCUT2D eigenvalue weighted by Crippen LogP contribution is -2.22. The van der Waals surface area contributed by atoms with Crippen molar-refractivity contribution in [2.75, 3.05) is 5.32 Å². The summed E-state index contributed by atoms with van der Waals surface area (Å²) in [6, 6.07) is 9.92. The highest BCUT2D eigenvalue weighted by atomic mass is 16.1. The second-order valence-electron chi connectivity index (χ2n) is 5.45. The van der Waals surface area contributed by atoms with E-state index in [4.69, 9.17) is 10.2 Å². The maximum absolute atomic E-state index is 11.8. The van der Waals surface area contributed by atoms with E-state index in [0.717, 1.165) is 18.4 Å². The molecule has 7 heteroatoms. The molecule has 1 amide bonds. The Morgan fingerprint density at radius 2 is 1.81 bits per heavy atom. The van der Waals surface area contributed by atoms with Gasteiger partial charge in [0.25, 0.3) is 0 Å². The number of nitrogens with zero attached hydrogens (tertiary/aromatic N) is 1. The molecular formula is C19H27N5O2. The SMILES string of the molecule is CC.N=Cc1c(NC2CCCC2)nc(=O)[nH]c1-c1ccccc1.NC=O. The van der Waals surface area contributed by atoms with Crippen LogP contribution in [0.15, 0.2) is 35.1 Å². The van der Waals surface area contributed by atoms with Gasteiger partial charge in [0.05, 0.1) is 11.3 Å². The Bertz CT molecular complexity index is 737. The van der Waals surface area contributed by atoms with E-state index in [-0.39, 0.29) is 12.1 Å². The highest BCUT2D eigenvalue weighted by molar-refractivity contribution is 5.92. The summed E-state index contributed by atoms with van der Waals surface area (Å²) in [5.74, 6) is 0.513. The maximum Gasteiger partial charge on any atom is 0.347 e. The first-order valence-electron chi connectivity index (χ1n) is 8.81. The number of amides is 1. The van der Waals surface area contributed by atoms with Crippen molar-refractivity contribution in [1.82, 2.24) is 9.97 Å². The standard InChI is InChI=1S/C16H18N4O.C2H6.CH3NO/c17-10-13-14(11-6-2-1-3-7-11)19-16(21)20-15(13)18-12-8-4-5-9-12;1-2;2-1-3/h1-3,6-7,10,12,17H,4-5,8-9H2,(H2,18,19,20,21);1-2H3;1H,(H2,2,3). The number of nitrogens with one attached hydrogen (secondary N) is 3. The molecular weight excluding hydrogens is 330 g/mol. The summed E-state index contributed by atoms with van der Waals surface area (Å²) in [6.07, 6.45) is 6.08. The van der Waals surface area contributed by atoms with Crippen LogP contribution in [0.1, 0.15) is 45.1 Å². The summed E-state index contributed by atoms with van der Waals surface area (Å²) < 4.78 is 0. The fourth-order valence-electron chi connectivity index (χ4n) is 2.83. The molecule has 2 aromatic rings. The van der Waals surface area contributed by atoms with Crippen molar-refractivity contribution in [3.63, 3.8) is 0 Å². The monoisotopic (exact) mass is 357 g/mol. The second kappa shape index (κ2) is 11.6. The van der Waals surface area contributed by atoms with Crippen LogP contribution >= 0.6 is 0 Å². The summed E-state index contributed by atoms with van der Waals surface area (Å²) in [4.78, 5) is 27.2. The summed E-state index contributed by atoms with van der Waals surface area (Å²) in [7, 11) is 0. The summed E-state index contributed by atoms with van der Waals surface area (Å²) in [5.41, 5.74) is 5.93. The first-order valence-corrected chi connectivity index (χ1v) is 8.81. The Morgan fingerprint density at radius 1 is 1.23 bits per heavy atom. The fourth-order valence-corrected chi connectivity index (χ4v) is 2.83. The van der Waals surface area contributed by atoms with Crippen LogP contribution in [0.25, 0.3) is 11.3 Å². The van der Waals surface area contributed by atoms with E-state index >= 15 is 0 Å². The van der Waals surface area contributed by atoms with Crippen molar-refractivity contribution < 1.29 is 4.79 Å². The van der Waals surface area contributed by atoms with Gasteiger partial charge in [-0.25, -0.2) is 4.79 Å². The van der Waals surface area contributed by atoms with Crippen LogP contribution in [-0.2, 0) is 4.79 Å². The van der Waals surface area contributed by atoms with Crippen LogP contribution in [0.3, 0.4) is 0 Å². The van der Waals surface area contributed by atoms with Gasteiger partial charge < -0.3 is 21.4 Å². The number of hydrogen-bond acceptors (Lipinski definition) is 5. The molecule has 0 unspecified atom stereocenters. The van der Waals surface area contributed by atoms with Gasteiger partial charge in [0.15, 0.2) is 0 Å². The Balaban J connectivity index is 0.000000615. The molecule has 7 nitrogen and oxygen atoms in total. The molecule has 140 valence electrons. The number of hydrogen-bond donors (Lipinski definition) is 4. The topological polar surface area (TPSA) is 125 Å². The molecule has 1 fully saturated rings. The summed E-state index contributed by atoms with van der Waals surface area (Å²) in [6.45, 7) is 4.00. The molecule has 1 aliphatic carbocycles. The molecule has 1 heterocycles. The Morgan fingerprint density at radius 3 is 2.35 bits per heavy atom. The number of aromatic amines is 1. The fraction of sp³-hybridized carbons (Fsp3) is 0.368.